The van der Waals surface area contributed by atoms with Crippen LogP contribution >= 0.6 is 0 Å². The van der Waals surface area contributed by atoms with E-state index in [-0.39, 0.29) is 0 Å². The molecule has 28 heavy (non-hydrogen) atoms. The van der Waals surface area contributed by atoms with E-state index in [0.717, 1.165) is 41.5 Å². The summed E-state index contributed by atoms with van der Waals surface area (Å²) in [5.74, 6) is 1.64. The Kier molecular flexibility index (Phi) is 7.44. The molecular weight excluding hydrogens is 348 g/mol. The molecule has 0 saturated heterocycles. The Bertz CT molecular complexity index is 866. The smallest absolute Gasteiger partial charge is 0.191 e. The van der Waals surface area contributed by atoms with Crippen LogP contribution in [0.3, 0.4) is 0 Å². The lowest BCUT2D eigenvalue weighted by atomic mass is 10.2. The van der Waals surface area contributed by atoms with Crippen molar-refractivity contribution in [3.8, 4) is 5.75 Å². The maximum absolute atomic E-state index is 6.02. The molecule has 3 rings (SSSR count). The summed E-state index contributed by atoms with van der Waals surface area (Å²) < 4.78 is 6.02. The molecule has 5 nitrogen and oxygen atoms in total. The molecule has 0 spiro atoms. The number of aliphatic imine (C=N–C) groups is 1. The predicted molar refractivity (Wildman–Crippen MR) is 113 cm³/mol. The SMILES string of the molecule is CN=C(NCCc1ccccn1)NCc1ccccc1OCc1ccccc1. The number of para-hydroxylation sites is 1. The molecule has 2 N–H and O–H groups in total. The highest BCUT2D eigenvalue weighted by Crippen LogP contribution is 2.19. The first-order valence-electron chi connectivity index (χ1n) is 9.44. The van der Waals surface area contributed by atoms with Crippen molar-refractivity contribution >= 4 is 5.96 Å². The number of pyridine rings is 1. The average molecular weight is 374 g/mol. The van der Waals surface area contributed by atoms with Gasteiger partial charge in [-0.25, -0.2) is 0 Å². The van der Waals surface area contributed by atoms with E-state index >= 15 is 0 Å². The zero-order valence-corrected chi connectivity index (χ0v) is 16.1. The van der Waals surface area contributed by atoms with E-state index < -0.39 is 0 Å². The van der Waals surface area contributed by atoms with E-state index in [2.05, 4.69) is 38.8 Å². The molecular formula is C23H26N4O. The maximum atomic E-state index is 6.02. The highest BCUT2D eigenvalue weighted by molar-refractivity contribution is 5.79. The number of benzene rings is 2. The molecule has 0 atom stereocenters. The van der Waals surface area contributed by atoms with E-state index in [4.69, 9.17) is 4.74 Å². The molecule has 0 saturated carbocycles. The van der Waals surface area contributed by atoms with Gasteiger partial charge in [0.1, 0.15) is 12.4 Å². The topological polar surface area (TPSA) is 58.5 Å². The fourth-order valence-corrected chi connectivity index (χ4v) is 2.78. The van der Waals surface area contributed by atoms with Crippen molar-refractivity contribution in [1.29, 1.82) is 0 Å². The second-order valence-corrected chi connectivity index (χ2v) is 6.31. The number of hydrogen-bond acceptors (Lipinski definition) is 3. The van der Waals surface area contributed by atoms with Gasteiger partial charge in [-0.2, -0.15) is 0 Å². The van der Waals surface area contributed by atoms with E-state index in [1.54, 1.807) is 7.05 Å². The molecule has 0 aliphatic carbocycles. The second-order valence-electron chi connectivity index (χ2n) is 6.31. The van der Waals surface area contributed by atoms with Crippen LogP contribution in [-0.4, -0.2) is 24.5 Å². The van der Waals surface area contributed by atoms with Gasteiger partial charge in [0.15, 0.2) is 5.96 Å². The minimum Gasteiger partial charge on any atom is -0.489 e. The van der Waals surface area contributed by atoms with Gasteiger partial charge in [0, 0.05) is 44.0 Å². The molecule has 5 heteroatoms. The van der Waals surface area contributed by atoms with Gasteiger partial charge in [0.05, 0.1) is 0 Å². The number of ether oxygens (including phenoxy) is 1. The zero-order chi connectivity index (χ0) is 19.4. The first-order chi connectivity index (χ1) is 13.8. The quantitative estimate of drug-likeness (QED) is 0.467. The molecule has 0 unspecified atom stereocenters. The molecule has 0 aliphatic heterocycles. The highest BCUT2D eigenvalue weighted by Gasteiger charge is 2.05. The van der Waals surface area contributed by atoms with Gasteiger partial charge in [0.25, 0.3) is 0 Å². The predicted octanol–water partition coefficient (Wildman–Crippen LogP) is 3.57. The highest BCUT2D eigenvalue weighted by atomic mass is 16.5. The Morgan fingerprint density at radius 1 is 0.929 bits per heavy atom. The maximum Gasteiger partial charge on any atom is 0.191 e. The molecule has 1 heterocycles. The Balaban J connectivity index is 1.50. The number of rotatable bonds is 8. The van der Waals surface area contributed by atoms with Crippen molar-refractivity contribution in [1.82, 2.24) is 15.6 Å². The molecule has 1 aromatic heterocycles. The number of nitrogens with zero attached hydrogens (tertiary/aromatic N) is 2. The number of guanidine groups is 1. The third kappa shape index (κ3) is 6.13. The Morgan fingerprint density at radius 2 is 1.71 bits per heavy atom. The standard InChI is InChI=1S/C23H26N4O/c1-24-23(26-16-14-21-12-7-8-15-25-21)27-17-20-11-5-6-13-22(20)28-18-19-9-3-2-4-10-19/h2-13,15H,14,16-18H2,1H3,(H2,24,26,27). The lowest BCUT2D eigenvalue weighted by molar-refractivity contribution is 0.302. The number of aromatic nitrogens is 1. The first-order valence-corrected chi connectivity index (χ1v) is 9.44. The summed E-state index contributed by atoms with van der Waals surface area (Å²) in [7, 11) is 1.77. The Morgan fingerprint density at radius 3 is 2.50 bits per heavy atom. The molecule has 0 aliphatic rings. The van der Waals surface area contributed by atoms with E-state index in [1.807, 2.05) is 60.8 Å². The van der Waals surface area contributed by atoms with Crippen molar-refractivity contribution in [3.63, 3.8) is 0 Å². The lowest BCUT2D eigenvalue weighted by Gasteiger charge is -2.15. The first kappa shape index (κ1) is 19.4. The second kappa shape index (κ2) is 10.7. The summed E-state index contributed by atoms with van der Waals surface area (Å²) in [5, 5.41) is 6.67. The molecule has 0 amide bonds. The van der Waals surface area contributed by atoms with Crippen molar-refractivity contribution in [3.05, 3.63) is 95.8 Å². The van der Waals surface area contributed by atoms with Crippen LogP contribution in [0.1, 0.15) is 16.8 Å². The van der Waals surface area contributed by atoms with E-state index in [0.29, 0.717) is 13.2 Å². The monoisotopic (exact) mass is 374 g/mol. The zero-order valence-electron chi connectivity index (χ0n) is 16.1. The van der Waals surface area contributed by atoms with Crippen molar-refractivity contribution < 1.29 is 4.74 Å². The van der Waals surface area contributed by atoms with Gasteiger partial charge in [-0.1, -0.05) is 54.6 Å². The van der Waals surface area contributed by atoms with Crippen LogP contribution in [0, 0.1) is 0 Å². The Hall–Kier alpha value is -3.34. The number of nitrogens with one attached hydrogen (secondary N) is 2. The fourth-order valence-electron chi connectivity index (χ4n) is 2.78. The third-order valence-corrected chi connectivity index (χ3v) is 4.28. The molecule has 3 aromatic rings. The summed E-state index contributed by atoms with van der Waals surface area (Å²) in [4.78, 5) is 8.63. The lowest BCUT2D eigenvalue weighted by Crippen LogP contribution is -2.38. The summed E-state index contributed by atoms with van der Waals surface area (Å²) in [6, 6.07) is 24.2. The summed E-state index contributed by atoms with van der Waals surface area (Å²) in [6.45, 7) is 1.95. The summed E-state index contributed by atoms with van der Waals surface area (Å²) in [6.07, 6.45) is 2.66. The third-order valence-electron chi connectivity index (χ3n) is 4.28. The average Bonchev–Trinajstić information content (AvgIpc) is 2.76. The Labute approximate surface area is 166 Å². The van der Waals surface area contributed by atoms with Gasteiger partial charge in [0.2, 0.25) is 0 Å². The van der Waals surface area contributed by atoms with E-state index in [1.165, 1.54) is 0 Å². The van der Waals surface area contributed by atoms with Gasteiger partial charge >= 0.3 is 0 Å². The fraction of sp³-hybridized carbons (Fsp3) is 0.217. The molecule has 0 fully saturated rings. The van der Waals surface area contributed by atoms with Gasteiger partial charge in [-0.3, -0.25) is 9.98 Å². The molecule has 0 radical (unpaired) electrons. The number of hydrogen-bond donors (Lipinski definition) is 2. The van der Waals surface area contributed by atoms with Crippen LogP contribution < -0.4 is 15.4 Å². The molecule has 144 valence electrons. The van der Waals surface area contributed by atoms with Crippen molar-refractivity contribution in [2.24, 2.45) is 4.99 Å². The van der Waals surface area contributed by atoms with Crippen LogP contribution in [-0.2, 0) is 19.6 Å². The van der Waals surface area contributed by atoms with Crippen LogP contribution in [0.5, 0.6) is 5.75 Å². The van der Waals surface area contributed by atoms with Crippen LogP contribution in [0.15, 0.2) is 84.0 Å². The van der Waals surface area contributed by atoms with Crippen LogP contribution in [0.4, 0.5) is 0 Å². The van der Waals surface area contributed by atoms with Crippen molar-refractivity contribution in [2.45, 2.75) is 19.6 Å². The van der Waals surface area contributed by atoms with Gasteiger partial charge < -0.3 is 15.4 Å². The van der Waals surface area contributed by atoms with Crippen LogP contribution in [0.2, 0.25) is 0 Å². The normalized spacial score (nSPS) is 11.1. The van der Waals surface area contributed by atoms with Crippen LogP contribution in [0.25, 0.3) is 0 Å². The van der Waals surface area contributed by atoms with Crippen molar-refractivity contribution in [2.75, 3.05) is 13.6 Å². The summed E-state index contributed by atoms with van der Waals surface area (Å²) in [5.41, 5.74) is 3.30. The molecule has 2 aromatic carbocycles. The minimum atomic E-state index is 0.550. The largest absolute Gasteiger partial charge is 0.489 e. The van der Waals surface area contributed by atoms with Gasteiger partial charge in [-0.05, 0) is 23.8 Å². The van der Waals surface area contributed by atoms with E-state index in [9.17, 15) is 0 Å². The summed E-state index contributed by atoms with van der Waals surface area (Å²) >= 11 is 0. The van der Waals surface area contributed by atoms with Gasteiger partial charge in [-0.15, -0.1) is 0 Å². The molecule has 0 bridgehead atoms. The minimum absolute atomic E-state index is 0.550.